The minimum absolute atomic E-state index is 0.0318. The zero-order valence-corrected chi connectivity index (χ0v) is 18.6. The molecule has 1 fully saturated rings. The van der Waals surface area contributed by atoms with Gasteiger partial charge in [0.1, 0.15) is 12.7 Å². The zero-order valence-electron chi connectivity index (χ0n) is 17.8. The number of carbonyl (C=O) groups is 1. The molecule has 0 bridgehead atoms. The van der Waals surface area contributed by atoms with Crippen molar-refractivity contribution in [1.82, 2.24) is 25.0 Å². The molecule has 0 amide bonds. The summed E-state index contributed by atoms with van der Waals surface area (Å²) in [5.74, 6) is -0.0205. The van der Waals surface area contributed by atoms with Crippen LogP contribution >= 0.6 is 11.8 Å². The van der Waals surface area contributed by atoms with Crippen molar-refractivity contribution in [2.24, 2.45) is 5.92 Å². The Morgan fingerprint density at radius 3 is 2.77 bits per heavy atom. The van der Waals surface area contributed by atoms with Gasteiger partial charge in [0.25, 0.3) is 0 Å². The van der Waals surface area contributed by atoms with E-state index in [9.17, 15) is 15.0 Å². The zero-order chi connectivity index (χ0) is 22.4. The first-order valence-electron chi connectivity index (χ1n) is 10.6. The summed E-state index contributed by atoms with van der Waals surface area (Å²) in [7, 11) is 0. The molecular weight excluding hydrogens is 424 g/mol. The van der Waals surface area contributed by atoms with Crippen molar-refractivity contribution >= 4 is 34.7 Å². The average Bonchev–Trinajstić information content (AvgIpc) is 3.28. The maximum absolute atomic E-state index is 10.7. The Kier molecular flexibility index (Phi) is 8.41. The van der Waals surface area contributed by atoms with Crippen LogP contribution in [0.25, 0.3) is 11.2 Å². The molecule has 2 aromatic rings. The molecule has 0 radical (unpaired) electrons. The number of anilines is 1. The fourth-order valence-corrected chi connectivity index (χ4v) is 4.30. The summed E-state index contributed by atoms with van der Waals surface area (Å²) in [4.78, 5) is 19.9. The summed E-state index contributed by atoms with van der Waals surface area (Å²) < 4.78 is 6.68. The molecule has 11 nitrogen and oxygen atoms in total. The van der Waals surface area contributed by atoms with Crippen LogP contribution in [0.2, 0.25) is 0 Å². The molecule has 0 aromatic carbocycles. The molecule has 31 heavy (non-hydrogen) atoms. The van der Waals surface area contributed by atoms with Gasteiger partial charge in [0.15, 0.2) is 22.1 Å². The van der Waals surface area contributed by atoms with E-state index in [1.165, 1.54) is 0 Å². The molecular formula is C19H30N6O5S. The van der Waals surface area contributed by atoms with Crippen molar-refractivity contribution in [3.05, 3.63) is 0 Å². The van der Waals surface area contributed by atoms with Gasteiger partial charge in [-0.2, -0.15) is 0 Å². The Balaban J connectivity index is 1.87. The van der Waals surface area contributed by atoms with E-state index in [1.54, 1.807) is 16.4 Å². The van der Waals surface area contributed by atoms with E-state index in [0.29, 0.717) is 28.6 Å². The van der Waals surface area contributed by atoms with Crippen LogP contribution in [0.4, 0.5) is 5.82 Å². The SMILES string of the molecule is CCCCNc1nc(SCCC)nc2c1nnn2[C@@H]1C[C@H](COCC(=O)O)[C@@H](O)[C@H]1O. The normalized spacial score (nSPS) is 23.5. The number of aliphatic hydroxyl groups is 2. The second-order valence-electron chi connectivity index (χ2n) is 7.64. The third-order valence-electron chi connectivity index (χ3n) is 5.20. The predicted molar refractivity (Wildman–Crippen MR) is 115 cm³/mol. The van der Waals surface area contributed by atoms with Crippen LogP contribution in [0.3, 0.4) is 0 Å². The quantitative estimate of drug-likeness (QED) is 0.208. The van der Waals surface area contributed by atoms with Gasteiger partial charge in [0, 0.05) is 18.2 Å². The average molecular weight is 455 g/mol. The molecule has 0 unspecified atom stereocenters. The summed E-state index contributed by atoms with van der Waals surface area (Å²) in [6.07, 6.45) is 1.22. The molecule has 1 aliphatic rings. The van der Waals surface area contributed by atoms with Crippen LogP contribution in [0, 0.1) is 5.92 Å². The van der Waals surface area contributed by atoms with E-state index in [2.05, 4.69) is 39.4 Å². The Morgan fingerprint density at radius 2 is 2.06 bits per heavy atom. The number of unbranched alkanes of at least 4 members (excludes halogenated alkanes) is 1. The maximum Gasteiger partial charge on any atom is 0.329 e. The molecule has 1 aliphatic carbocycles. The summed E-state index contributed by atoms with van der Waals surface area (Å²) in [5.41, 5.74) is 1.01. The first-order valence-corrected chi connectivity index (χ1v) is 11.6. The van der Waals surface area contributed by atoms with Crippen molar-refractivity contribution in [2.45, 2.75) is 62.9 Å². The van der Waals surface area contributed by atoms with Crippen LogP contribution < -0.4 is 5.32 Å². The summed E-state index contributed by atoms with van der Waals surface area (Å²) in [5, 5.41) is 42.2. The first kappa shape index (κ1) is 23.6. The molecule has 12 heteroatoms. The largest absolute Gasteiger partial charge is 0.480 e. The van der Waals surface area contributed by atoms with Gasteiger partial charge >= 0.3 is 5.97 Å². The number of aromatic nitrogens is 5. The second-order valence-corrected chi connectivity index (χ2v) is 8.71. The van der Waals surface area contributed by atoms with E-state index in [-0.39, 0.29) is 6.61 Å². The van der Waals surface area contributed by atoms with Crippen LogP contribution in [-0.2, 0) is 9.53 Å². The van der Waals surface area contributed by atoms with Crippen molar-refractivity contribution < 1.29 is 24.9 Å². The number of rotatable bonds is 12. The van der Waals surface area contributed by atoms with Crippen molar-refractivity contribution in [3.8, 4) is 0 Å². The van der Waals surface area contributed by atoms with E-state index in [1.807, 2.05) is 0 Å². The Labute approximate surface area is 184 Å². The number of aliphatic hydroxyl groups excluding tert-OH is 2. The number of carboxylic acids is 1. The smallest absolute Gasteiger partial charge is 0.329 e. The number of fused-ring (bicyclic) bond motifs is 1. The van der Waals surface area contributed by atoms with E-state index in [0.717, 1.165) is 31.6 Å². The lowest BCUT2D eigenvalue weighted by Crippen LogP contribution is -2.31. The van der Waals surface area contributed by atoms with Crippen LogP contribution in [0.5, 0.6) is 0 Å². The number of nitrogens with zero attached hydrogens (tertiary/aromatic N) is 5. The standard InChI is InChI=1S/C19H30N6O5S/c1-3-5-6-20-17-14-18(22-19(21-17)31-7-4-2)25(24-23-14)12-8-11(15(28)16(12)29)9-30-10-13(26)27/h11-12,15-16,28-29H,3-10H2,1-2H3,(H,26,27)(H,20,21,22)/t11-,12-,15-,16+/m1/s1. The number of ether oxygens (including phenoxy) is 1. The van der Waals surface area contributed by atoms with Gasteiger partial charge in [-0.1, -0.05) is 37.2 Å². The summed E-state index contributed by atoms with van der Waals surface area (Å²) in [6, 6.07) is -0.555. The molecule has 2 aromatic heterocycles. The van der Waals surface area contributed by atoms with Gasteiger partial charge in [-0.05, 0) is 19.3 Å². The topological polar surface area (TPSA) is 156 Å². The highest BCUT2D eigenvalue weighted by atomic mass is 32.2. The lowest BCUT2D eigenvalue weighted by molar-refractivity contribution is -0.143. The number of aliphatic carboxylic acids is 1. The minimum Gasteiger partial charge on any atom is -0.480 e. The second kappa shape index (κ2) is 11.0. The Morgan fingerprint density at radius 1 is 1.26 bits per heavy atom. The predicted octanol–water partition coefficient (Wildman–Crippen LogP) is 1.32. The van der Waals surface area contributed by atoms with Crippen LogP contribution in [0.15, 0.2) is 5.16 Å². The number of hydrogen-bond donors (Lipinski definition) is 4. The number of thioether (sulfide) groups is 1. The van der Waals surface area contributed by atoms with E-state index < -0.39 is 36.7 Å². The molecule has 172 valence electrons. The van der Waals surface area contributed by atoms with E-state index in [4.69, 9.17) is 9.84 Å². The fourth-order valence-electron chi connectivity index (χ4n) is 3.60. The van der Waals surface area contributed by atoms with Crippen LogP contribution in [-0.4, -0.2) is 84.0 Å². The van der Waals surface area contributed by atoms with Gasteiger partial charge in [-0.25, -0.2) is 19.4 Å². The van der Waals surface area contributed by atoms with Crippen molar-refractivity contribution in [1.29, 1.82) is 0 Å². The van der Waals surface area contributed by atoms with Crippen molar-refractivity contribution in [3.63, 3.8) is 0 Å². The Bertz CT molecular complexity index is 881. The number of carboxylic acid groups (broad SMARTS) is 1. The highest BCUT2D eigenvalue weighted by Crippen LogP contribution is 2.37. The van der Waals surface area contributed by atoms with Gasteiger partial charge in [-0.15, -0.1) is 5.10 Å². The third-order valence-corrected chi connectivity index (χ3v) is 6.26. The Hall–Kier alpha value is -2.02. The molecule has 2 heterocycles. The molecule has 4 N–H and O–H groups in total. The van der Waals surface area contributed by atoms with Crippen molar-refractivity contribution in [2.75, 3.05) is 30.8 Å². The molecule has 0 spiro atoms. The lowest BCUT2D eigenvalue weighted by atomic mass is 10.1. The molecule has 1 saturated carbocycles. The fraction of sp³-hybridized carbons (Fsp3) is 0.737. The van der Waals surface area contributed by atoms with Gasteiger partial charge in [-0.3, -0.25) is 0 Å². The highest BCUT2D eigenvalue weighted by molar-refractivity contribution is 7.99. The molecule has 0 aliphatic heterocycles. The monoisotopic (exact) mass is 454 g/mol. The van der Waals surface area contributed by atoms with Crippen LogP contribution in [0.1, 0.15) is 45.6 Å². The van der Waals surface area contributed by atoms with Gasteiger partial charge in [0.2, 0.25) is 0 Å². The number of hydrogen-bond acceptors (Lipinski definition) is 10. The van der Waals surface area contributed by atoms with Gasteiger partial charge < -0.3 is 25.4 Å². The summed E-state index contributed by atoms with van der Waals surface area (Å²) in [6.45, 7) is 4.53. The molecule has 3 rings (SSSR count). The molecule has 4 atom stereocenters. The minimum atomic E-state index is -1.10. The highest BCUT2D eigenvalue weighted by Gasteiger charge is 2.44. The third kappa shape index (κ3) is 5.62. The lowest BCUT2D eigenvalue weighted by Gasteiger charge is -2.17. The molecule has 0 saturated heterocycles. The first-order chi connectivity index (χ1) is 15.0. The number of nitrogens with one attached hydrogen (secondary N) is 1. The summed E-state index contributed by atoms with van der Waals surface area (Å²) >= 11 is 1.54. The maximum atomic E-state index is 10.7. The van der Waals surface area contributed by atoms with Gasteiger partial charge in [0.05, 0.1) is 18.8 Å². The van der Waals surface area contributed by atoms with E-state index >= 15 is 0 Å².